The van der Waals surface area contributed by atoms with Gasteiger partial charge in [-0.1, -0.05) is 0 Å². The van der Waals surface area contributed by atoms with Crippen molar-refractivity contribution in [3.63, 3.8) is 0 Å². The quantitative estimate of drug-likeness (QED) is 0.680. The number of ether oxygens (including phenoxy) is 2. The van der Waals surface area contributed by atoms with Crippen molar-refractivity contribution in [1.29, 1.82) is 0 Å². The van der Waals surface area contributed by atoms with E-state index in [0.29, 0.717) is 13.0 Å². The van der Waals surface area contributed by atoms with Gasteiger partial charge in [0.2, 0.25) is 0 Å². The van der Waals surface area contributed by atoms with Crippen molar-refractivity contribution in [2.45, 2.75) is 31.8 Å². The highest BCUT2D eigenvalue weighted by Crippen LogP contribution is 2.22. The lowest BCUT2D eigenvalue weighted by Gasteiger charge is -2.28. The fourth-order valence-corrected chi connectivity index (χ4v) is 1.80. The number of esters is 1. The molecule has 0 radical (unpaired) electrons. The first kappa shape index (κ1) is 11.5. The Labute approximate surface area is 84.7 Å². The number of hydrogen-bond donors (Lipinski definition) is 1. The average Bonchev–Trinajstić information content (AvgIpc) is 2.26. The van der Waals surface area contributed by atoms with Crippen molar-refractivity contribution in [3.8, 4) is 0 Å². The van der Waals surface area contributed by atoms with Crippen LogP contribution in [0.1, 0.15) is 25.7 Å². The lowest BCUT2D eigenvalue weighted by atomic mass is 9.93. The molecule has 2 atom stereocenters. The molecule has 1 aliphatic heterocycles. The Balaban J connectivity index is 2.39. The molecule has 2 N–H and O–H groups in total. The van der Waals surface area contributed by atoms with E-state index in [9.17, 15) is 4.79 Å². The fraction of sp³-hybridized carbons (Fsp3) is 0.900. The van der Waals surface area contributed by atoms with Crippen molar-refractivity contribution in [2.24, 2.45) is 11.7 Å². The largest absolute Gasteiger partial charge is 0.469 e. The number of hydrogen-bond acceptors (Lipinski definition) is 4. The molecule has 0 spiro atoms. The highest BCUT2D eigenvalue weighted by Gasteiger charge is 2.25. The second kappa shape index (κ2) is 5.98. The van der Waals surface area contributed by atoms with Crippen LogP contribution >= 0.6 is 0 Å². The van der Waals surface area contributed by atoms with E-state index in [1.807, 2.05) is 0 Å². The average molecular weight is 201 g/mol. The van der Waals surface area contributed by atoms with Crippen molar-refractivity contribution < 1.29 is 14.3 Å². The van der Waals surface area contributed by atoms with E-state index in [0.717, 1.165) is 19.4 Å². The number of nitrogens with two attached hydrogens (primary N) is 1. The predicted molar refractivity (Wildman–Crippen MR) is 52.8 cm³/mol. The van der Waals surface area contributed by atoms with Crippen molar-refractivity contribution >= 4 is 5.97 Å². The molecule has 82 valence electrons. The molecule has 1 saturated heterocycles. The molecule has 1 heterocycles. The number of methoxy groups -OCH3 is 1. The van der Waals surface area contributed by atoms with Crippen molar-refractivity contribution in [3.05, 3.63) is 0 Å². The first-order valence-electron chi connectivity index (χ1n) is 5.16. The fourth-order valence-electron chi connectivity index (χ4n) is 1.80. The molecular formula is C10H19NO3. The zero-order valence-electron chi connectivity index (χ0n) is 8.70. The Kier molecular flexibility index (Phi) is 4.90. The summed E-state index contributed by atoms with van der Waals surface area (Å²) < 4.78 is 10.2. The third-order valence-corrected chi connectivity index (χ3v) is 2.70. The van der Waals surface area contributed by atoms with E-state index < -0.39 is 0 Å². The van der Waals surface area contributed by atoms with E-state index >= 15 is 0 Å². The van der Waals surface area contributed by atoms with Gasteiger partial charge in [0.1, 0.15) is 0 Å². The second-order valence-corrected chi connectivity index (χ2v) is 3.68. The summed E-state index contributed by atoms with van der Waals surface area (Å²) in [6.07, 6.45) is 3.82. The molecule has 0 aliphatic carbocycles. The van der Waals surface area contributed by atoms with Gasteiger partial charge in [-0.15, -0.1) is 0 Å². The van der Waals surface area contributed by atoms with Gasteiger partial charge in [-0.2, -0.15) is 0 Å². The van der Waals surface area contributed by atoms with Crippen LogP contribution < -0.4 is 5.73 Å². The Bertz CT molecular complexity index is 178. The minimum Gasteiger partial charge on any atom is -0.469 e. The van der Waals surface area contributed by atoms with Crippen LogP contribution in [0, 0.1) is 5.92 Å². The highest BCUT2D eigenvalue weighted by molar-refractivity contribution is 5.69. The minimum absolute atomic E-state index is 0.114. The lowest BCUT2D eigenvalue weighted by molar-refractivity contribution is -0.143. The maximum Gasteiger partial charge on any atom is 0.305 e. The molecule has 1 aliphatic rings. The van der Waals surface area contributed by atoms with Gasteiger partial charge >= 0.3 is 5.97 Å². The van der Waals surface area contributed by atoms with Gasteiger partial charge in [-0.25, -0.2) is 0 Å². The Morgan fingerprint density at radius 3 is 2.93 bits per heavy atom. The van der Waals surface area contributed by atoms with Crippen LogP contribution in [-0.4, -0.2) is 32.3 Å². The third-order valence-electron chi connectivity index (χ3n) is 2.70. The summed E-state index contributed by atoms with van der Waals surface area (Å²) in [7, 11) is 1.40. The Hall–Kier alpha value is -0.610. The third kappa shape index (κ3) is 3.27. The van der Waals surface area contributed by atoms with Gasteiger partial charge in [-0.05, 0) is 25.8 Å². The summed E-state index contributed by atoms with van der Waals surface area (Å²) in [5.41, 5.74) is 5.62. The summed E-state index contributed by atoms with van der Waals surface area (Å²) in [5.74, 6) is -0.0858. The number of carbonyl (C=O) groups excluding carboxylic acids is 1. The van der Waals surface area contributed by atoms with Crippen LogP contribution in [0.25, 0.3) is 0 Å². The van der Waals surface area contributed by atoms with E-state index in [4.69, 9.17) is 10.5 Å². The van der Waals surface area contributed by atoms with E-state index in [-0.39, 0.29) is 18.0 Å². The molecule has 0 bridgehead atoms. The van der Waals surface area contributed by atoms with Crippen molar-refractivity contribution in [1.82, 2.24) is 0 Å². The molecule has 0 aromatic heterocycles. The van der Waals surface area contributed by atoms with E-state index in [1.54, 1.807) is 0 Å². The van der Waals surface area contributed by atoms with Crippen LogP contribution in [0.4, 0.5) is 0 Å². The van der Waals surface area contributed by atoms with Crippen LogP contribution in [-0.2, 0) is 14.3 Å². The van der Waals surface area contributed by atoms with Crippen molar-refractivity contribution in [2.75, 3.05) is 20.3 Å². The predicted octanol–water partition coefficient (Wildman–Crippen LogP) is 0.693. The van der Waals surface area contributed by atoms with Gasteiger partial charge in [0.25, 0.3) is 0 Å². The zero-order valence-corrected chi connectivity index (χ0v) is 8.70. The van der Waals surface area contributed by atoms with Gasteiger partial charge < -0.3 is 15.2 Å². The Morgan fingerprint density at radius 1 is 1.64 bits per heavy atom. The molecule has 4 nitrogen and oxygen atoms in total. The van der Waals surface area contributed by atoms with Crippen LogP contribution in [0.5, 0.6) is 0 Å². The maximum atomic E-state index is 11.1. The standard InChI is InChI=1S/C10H19NO3/c1-13-10(12)6-8(7-11)9-4-2-3-5-14-9/h8-9H,2-7,11H2,1H3. The summed E-state index contributed by atoms with van der Waals surface area (Å²) >= 11 is 0. The lowest BCUT2D eigenvalue weighted by Crippen LogP contribution is -2.34. The normalized spacial score (nSPS) is 24.3. The van der Waals surface area contributed by atoms with Gasteiger partial charge in [-0.3, -0.25) is 4.79 Å². The van der Waals surface area contributed by atoms with Gasteiger partial charge in [0.15, 0.2) is 0 Å². The van der Waals surface area contributed by atoms with Crippen LogP contribution in [0.3, 0.4) is 0 Å². The van der Waals surface area contributed by atoms with Crippen LogP contribution in [0.2, 0.25) is 0 Å². The Morgan fingerprint density at radius 2 is 2.43 bits per heavy atom. The molecule has 0 saturated carbocycles. The molecule has 4 heteroatoms. The molecule has 1 fully saturated rings. The zero-order chi connectivity index (χ0) is 10.4. The highest BCUT2D eigenvalue weighted by atomic mass is 16.5. The second-order valence-electron chi connectivity index (χ2n) is 3.68. The first-order chi connectivity index (χ1) is 6.77. The monoisotopic (exact) mass is 201 g/mol. The van der Waals surface area contributed by atoms with Gasteiger partial charge in [0, 0.05) is 12.5 Å². The molecule has 1 rings (SSSR count). The van der Waals surface area contributed by atoms with Crippen LogP contribution in [0.15, 0.2) is 0 Å². The number of carbonyl (C=O) groups is 1. The summed E-state index contributed by atoms with van der Waals surface area (Å²) in [5, 5.41) is 0. The summed E-state index contributed by atoms with van der Waals surface area (Å²) in [4.78, 5) is 11.1. The topological polar surface area (TPSA) is 61.5 Å². The molecule has 0 aromatic rings. The minimum atomic E-state index is -0.199. The summed E-state index contributed by atoms with van der Waals surface area (Å²) in [6, 6.07) is 0. The van der Waals surface area contributed by atoms with E-state index in [2.05, 4.69) is 4.74 Å². The SMILES string of the molecule is COC(=O)CC(CN)C1CCCCO1. The molecule has 2 unspecified atom stereocenters. The smallest absolute Gasteiger partial charge is 0.305 e. The molecule has 14 heavy (non-hydrogen) atoms. The maximum absolute atomic E-state index is 11.1. The summed E-state index contributed by atoms with van der Waals surface area (Å²) in [6.45, 7) is 1.28. The first-order valence-corrected chi connectivity index (χ1v) is 5.16. The number of rotatable bonds is 4. The molecule has 0 aromatic carbocycles. The van der Waals surface area contributed by atoms with Gasteiger partial charge in [0.05, 0.1) is 19.6 Å². The van der Waals surface area contributed by atoms with E-state index in [1.165, 1.54) is 13.5 Å². The molecular weight excluding hydrogens is 182 g/mol. The molecule has 0 amide bonds.